The van der Waals surface area contributed by atoms with Gasteiger partial charge < -0.3 is 14.6 Å². The molecular weight excluding hydrogens is 192 g/mol. The summed E-state index contributed by atoms with van der Waals surface area (Å²) in [5.74, 6) is 1.48. The predicted octanol–water partition coefficient (Wildman–Crippen LogP) is 2.42. The minimum atomic E-state index is -0.782. The highest BCUT2D eigenvalue weighted by molar-refractivity contribution is 5.45. The Kier molecular flexibility index (Phi) is 2.57. The van der Waals surface area contributed by atoms with Crippen molar-refractivity contribution in [1.29, 1.82) is 0 Å². The normalized spacial score (nSPS) is 17.5. The summed E-state index contributed by atoms with van der Waals surface area (Å²) in [5.41, 5.74) is 0.101. The molecule has 1 N–H and O–H groups in total. The third-order valence-electron chi connectivity index (χ3n) is 2.73. The molecule has 0 fully saturated rings. The highest BCUT2D eigenvalue weighted by Crippen LogP contribution is 2.36. The lowest BCUT2D eigenvalue weighted by atomic mass is 9.91. The Labute approximate surface area is 89.6 Å². The lowest BCUT2D eigenvalue weighted by Gasteiger charge is -2.23. The molecule has 15 heavy (non-hydrogen) atoms. The topological polar surface area (TPSA) is 38.7 Å². The third kappa shape index (κ3) is 1.92. The highest BCUT2D eigenvalue weighted by Gasteiger charge is 2.24. The first-order valence-electron chi connectivity index (χ1n) is 5.26. The maximum absolute atomic E-state index is 10.2. The second-order valence-electron chi connectivity index (χ2n) is 4.09. The molecule has 82 valence electrons. The summed E-state index contributed by atoms with van der Waals surface area (Å²) in [6, 6.07) is 5.60. The fraction of sp³-hybridized carbons (Fsp3) is 0.500. The molecule has 1 atom stereocenters. The van der Waals surface area contributed by atoms with Gasteiger partial charge in [-0.3, -0.25) is 0 Å². The molecule has 0 radical (unpaired) electrons. The predicted molar refractivity (Wildman–Crippen MR) is 57.0 cm³/mol. The number of rotatable bonds is 3. The van der Waals surface area contributed by atoms with Gasteiger partial charge in [0.2, 0.25) is 6.79 Å². The van der Waals surface area contributed by atoms with Crippen LogP contribution < -0.4 is 9.47 Å². The number of hydrogen-bond donors (Lipinski definition) is 1. The molecule has 0 aromatic heterocycles. The van der Waals surface area contributed by atoms with Crippen LogP contribution >= 0.6 is 0 Å². The summed E-state index contributed by atoms with van der Waals surface area (Å²) in [6.07, 6.45) is 1.69. The van der Waals surface area contributed by atoms with Crippen molar-refractivity contribution in [3.05, 3.63) is 23.8 Å². The van der Waals surface area contributed by atoms with E-state index in [0.717, 1.165) is 29.9 Å². The molecule has 1 heterocycles. The zero-order chi connectivity index (χ0) is 10.9. The molecule has 1 aromatic rings. The molecule has 0 bridgehead atoms. The molecule has 0 amide bonds. The summed E-state index contributed by atoms with van der Waals surface area (Å²) in [4.78, 5) is 0. The second-order valence-corrected chi connectivity index (χ2v) is 4.09. The summed E-state index contributed by atoms with van der Waals surface area (Å²) in [7, 11) is 0. The highest BCUT2D eigenvalue weighted by atomic mass is 16.7. The summed E-state index contributed by atoms with van der Waals surface area (Å²) < 4.78 is 10.5. The minimum Gasteiger partial charge on any atom is -0.454 e. The Morgan fingerprint density at radius 2 is 2.07 bits per heavy atom. The summed E-state index contributed by atoms with van der Waals surface area (Å²) in [5, 5.41) is 10.2. The first-order valence-corrected chi connectivity index (χ1v) is 5.26. The van der Waals surface area contributed by atoms with Gasteiger partial charge in [-0.25, -0.2) is 0 Å². The van der Waals surface area contributed by atoms with Crippen molar-refractivity contribution >= 4 is 0 Å². The van der Waals surface area contributed by atoms with E-state index in [1.165, 1.54) is 0 Å². The lowest BCUT2D eigenvalue weighted by molar-refractivity contribution is 0.0467. The largest absolute Gasteiger partial charge is 0.454 e. The Bertz CT molecular complexity index is 358. The van der Waals surface area contributed by atoms with E-state index in [0.29, 0.717) is 0 Å². The minimum absolute atomic E-state index is 0.273. The van der Waals surface area contributed by atoms with Crippen LogP contribution in [0.3, 0.4) is 0 Å². The van der Waals surface area contributed by atoms with Crippen molar-refractivity contribution in [2.75, 3.05) is 6.79 Å². The molecule has 1 aliphatic heterocycles. The van der Waals surface area contributed by atoms with Gasteiger partial charge in [0, 0.05) is 0 Å². The Balaban J connectivity index is 2.29. The van der Waals surface area contributed by atoms with Crippen LogP contribution in [0.25, 0.3) is 0 Å². The SMILES string of the molecule is CCCC(C)(O)c1ccc2c(c1)OCO2. The number of ether oxygens (including phenoxy) is 2. The number of benzene rings is 1. The summed E-state index contributed by atoms with van der Waals surface area (Å²) >= 11 is 0. The Morgan fingerprint density at radius 1 is 1.33 bits per heavy atom. The van der Waals surface area contributed by atoms with Crippen LogP contribution in [-0.2, 0) is 5.60 Å². The molecule has 0 aliphatic carbocycles. The monoisotopic (exact) mass is 208 g/mol. The van der Waals surface area contributed by atoms with Gasteiger partial charge in [0.05, 0.1) is 5.60 Å². The molecule has 3 heteroatoms. The average molecular weight is 208 g/mol. The van der Waals surface area contributed by atoms with Gasteiger partial charge in [-0.05, 0) is 31.0 Å². The standard InChI is InChI=1S/C12H16O3/c1-3-6-12(2,13)9-4-5-10-11(7-9)15-8-14-10/h4-5,7,13H,3,6,8H2,1-2H3. The van der Waals surface area contributed by atoms with E-state index < -0.39 is 5.60 Å². The molecule has 0 saturated carbocycles. The molecule has 1 unspecified atom stereocenters. The average Bonchev–Trinajstić information content (AvgIpc) is 2.63. The first-order chi connectivity index (χ1) is 7.13. The zero-order valence-electron chi connectivity index (χ0n) is 9.12. The van der Waals surface area contributed by atoms with Crippen LogP contribution in [0.1, 0.15) is 32.3 Å². The summed E-state index contributed by atoms with van der Waals surface area (Å²) in [6.45, 7) is 4.16. The molecule has 2 rings (SSSR count). The Morgan fingerprint density at radius 3 is 2.80 bits per heavy atom. The van der Waals surface area contributed by atoms with Crippen LogP contribution in [-0.4, -0.2) is 11.9 Å². The van der Waals surface area contributed by atoms with Crippen LogP contribution in [0, 0.1) is 0 Å². The smallest absolute Gasteiger partial charge is 0.231 e. The fourth-order valence-corrected chi connectivity index (χ4v) is 1.86. The molecule has 3 nitrogen and oxygen atoms in total. The number of hydrogen-bond acceptors (Lipinski definition) is 3. The molecule has 0 spiro atoms. The van der Waals surface area contributed by atoms with Crippen LogP contribution in [0.4, 0.5) is 0 Å². The van der Waals surface area contributed by atoms with Crippen molar-refractivity contribution in [3.63, 3.8) is 0 Å². The van der Waals surface area contributed by atoms with E-state index in [-0.39, 0.29) is 6.79 Å². The molecule has 1 aliphatic rings. The van der Waals surface area contributed by atoms with E-state index in [1.54, 1.807) is 0 Å². The molecular formula is C12H16O3. The van der Waals surface area contributed by atoms with Gasteiger partial charge >= 0.3 is 0 Å². The van der Waals surface area contributed by atoms with Crippen molar-refractivity contribution in [1.82, 2.24) is 0 Å². The van der Waals surface area contributed by atoms with Crippen molar-refractivity contribution < 1.29 is 14.6 Å². The van der Waals surface area contributed by atoms with Crippen molar-refractivity contribution in [2.45, 2.75) is 32.3 Å². The molecule has 0 saturated heterocycles. The van der Waals surface area contributed by atoms with Gasteiger partial charge in [0.25, 0.3) is 0 Å². The maximum Gasteiger partial charge on any atom is 0.231 e. The number of aliphatic hydroxyl groups is 1. The lowest BCUT2D eigenvalue weighted by Crippen LogP contribution is -2.20. The van der Waals surface area contributed by atoms with E-state index in [9.17, 15) is 5.11 Å². The maximum atomic E-state index is 10.2. The van der Waals surface area contributed by atoms with Gasteiger partial charge in [-0.15, -0.1) is 0 Å². The van der Waals surface area contributed by atoms with E-state index >= 15 is 0 Å². The van der Waals surface area contributed by atoms with Gasteiger partial charge in [0.15, 0.2) is 11.5 Å². The zero-order valence-corrected chi connectivity index (χ0v) is 9.12. The van der Waals surface area contributed by atoms with Crippen molar-refractivity contribution in [3.8, 4) is 11.5 Å². The van der Waals surface area contributed by atoms with Crippen LogP contribution in [0.15, 0.2) is 18.2 Å². The van der Waals surface area contributed by atoms with E-state index in [2.05, 4.69) is 6.92 Å². The van der Waals surface area contributed by atoms with E-state index in [1.807, 2.05) is 25.1 Å². The van der Waals surface area contributed by atoms with Gasteiger partial charge in [-0.2, -0.15) is 0 Å². The molecule has 1 aromatic carbocycles. The number of fused-ring (bicyclic) bond motifs is 1. The first kappa shape index (κ1) is 10.3. The quantitative estimate of drug-likeness (QED) is 0.829. The van der Waals surface area contributed by atoms with Crippen LogP contribution in [0.5, 0.6) is 11.5 Å². The van der Waals surface area contributed by atoms with Crippen molar-refractivity contribution in [2.24, 2.45) is 0 Å². The van der Waals surface area contributed by atoms with Crippen LogP contribution in [0.2, 0.25) is 0 Å². The van der Waals surface area contributed by atoms with Gasteiger partial charge in [-0.1, -0.05) is 19.4 Å². The van der Waals surface area contributed by atoms with Gasteiger partial charge in [0.1, 0.15) is 0 Å². The second kappa shape index (κ2) is 3.74. The Hall–Kier alpha value is -1.22. The van der Waals surface area contributed by atoms with E-state index in [4.69, 9.17) is 9.47 Å². The third-order valence-corrected chi connectivity index (χ3v) is 2.73. The fourth-order valence-electron chi connectivity index (χ4n) is 1.86.